The third-order valence-electron chi connectivity index (χ3n) is 2.62. The van der Waals surface area contributed by atoms with Gasteiger partial charge in [0.2, 0.25) is 0 Å². The number of hydrogen-bond acceptors (Lipinski definition) is 2. The first-order valence-corrected chi connectivity index (χ1v) is 5.21. The van der Waals surface area contributed by atoms with Crippen LogP contribution in [0.4, 0.5) is 10.5 Å². The van der Waals surface area contributed by atoms with Crippen LogP contribution < -0.4 is 10.4 Å². The molecule has 0 aliphatic carbocycles. The van der Waals surface area contributed by atoms with Crippen LogP contribution in [0.15, 0.2) is 36.4 Å². The van der Waals surface area contributed by atoms with E-state index in [1.807, 2.05) is 43.3 Å². The molecule has 0 aliphatic heterocycles. The lowest BCUT2D eigenvalue weighted by molar-refractivity contribution is -0.242. The molecule has 2 rings (SSSR count). The van der Waals surface area contributed by atoms with Crippen molar-refractivity contribution in [3.63, 3.8) is 0 Å². The molecule has 0 unspecified atom stereocenters. The number of carbonyl (C=O) groups excluding carboxylic acids is 1. The molecule has 16 heavy (non-hydrogen) atoms. The van der Waals surface area contributed by atoms with Crippen molar-refractivity contribution >= 4 is 22.6 Å². The summed E-state index contributed by atoms with van der Waals surface area (Å²) >= 11 is 0. The Bertz CT molecular complexity index is 534. The van der Waals surface area contributed by atoms with Gasteiger partial charge in [-0.1, -0.05) is 43.3 Å². The van der Waals surface area contributed by atoms with E-state index in [9.17, 15) is 9.90 Å². The standard InChI is InChI=1S/C13H13NO2/c1-2-9-7-8-10-5-3-4-6-11(10)12(9)14-13(15)16/h3-8,14H,2H2,1H3,(H,15,16)/p-1. The van der Waals surface area contributed by atoms with Crippen LogP contribution in [0.2, 0.25) is 0 Å². The van der Waals surface area contributed by atoms with Gasteiger partial charge in [-0.25, -0.2) is 0 Å². The fourth-order valence-corrected chi connectivity index (χ4v) is 1.86. The number of carboxylic acid groups (broad SMARTS) is 1. The van der Waals surface area contributed by atoms with Crippen molar-refractivity contribution < 1.29 is 9.90 Å². The first kappa shape index (κ1) is 10.5. The number of benzene rings is 2. The number of nitrogens with one attached hydrogen (secondary N) is 1. The molecule has 0 atom stereocenters. The lowest BCUT2D eigenvalue weighted by Gasteiger charge is -2.14. The summed E-state index contributed by atoms with van der Waals surface area (Å²) in [5.74, 6) is 0. The van der Waals surface area contributed by atoms with Gasteiger partial charge in [0, 0.05) is 5.39 Å². The van der Waals surface area contributed by atoms with Crippen LogP contribution in [-0.2, 0) is 6.42 Å². The molecule has 0 spiro atoms. The summed E-state index contributed by atoms with van der Waals surface area (Å²) in [7, 11) is 0. The van der Waals surface area contributed by atoms with E-state index < -0.39 is 6.09 Å². The van der Waals surface area contributed by atoms with Gasteiger partial charge in [0.1, 0.15) is 6.09 Å². The quantitative estimate of drug-likeness (QED) is 0.832. The van der Waals surface area contributed by atoms with Crippen molar-refractivity contribution in [1.29, 1.82) is 0 Å². The Morgan fingerprint density at radius 1 is 1.25 bits per heavy atom. The maximum Gasteiger partial charge on any atom is 0.138 e. The highest BCUT2D eigenvalue weighted by Crippen LogP contribution is 2.27. The molecule has 0 aromatic heterocycles. The van der Waals surface area contributed by atoms with Gasteiger partial charge < -0.3 is 15.2 Å². The maximum absolute atomic E-state index is 10.7. The van der Waals surface area contributed by atoms with Crippen LogP contribution in [0.1, 0.15) is 12.5 Å². The monoisotopic (exact) mass is 214 g/mol. The number of carbonyl (C=O) groups is 1. The SMILES string of the molecule is CCc1ccc2ccccc2c1NC(=O)[O-]. The number of hydrogen-bond donors (Lipinski definition) is 1. The summed E-state index contributed by atoms with van der Waals surface area (Å²) in [6.45, 7) is 1.99. The van der Waals surface area contributed by atoms with E-state index in [1.165, 1.54) is 0 Å². The molecule has 1 N–H and O–H groups in total. The second kappa shape index (κ2) is 4.23. The minimum Gasteiger partial charge on any atom is -0.530 e. The molecule has 1 amide bonds. The van der Waals surface area contributed by atoms with Gasteiger partial charge >= 0.3 is 0 Å². The minimum absolute atomic E-state index is 0.639. The topological polar surface area (TPSA) is 52.2 Å². The summed E-state index contributed by atoms with van der Waals surface area (Å²) < 4.78 is 0. The van der Waals surface area contributed by atoms with E-state index in [2.05, 4.69) is 5.32 Å². The zero-order chi connectivity index (χ0) is 11.5. The van der Waals surface area contributed by atoms with E-state index >= 15 is 0 Å². The van der Waals surface area contributed by atoms with Gasteiger partial charge in [-0.15, -0.1) is 0 Å². The van der Waals surface area contributed by atoms with Crippen LogP contribution in [0, 0.1) is 0 Å². The molecule has 82 valence electrons. The number of aryl methyl sites for hydroxylation is 1. The Hall–Kier alpha value is -2.03. The summed E-state index contributed by atoms with van der Waals surface area (Å²) in [6.07, 6.45) is -0.494. The van der Waals surface area contributed by atoms with Crippen molar-refractivity contribution in [1.82, 2.24) is 0 Å². The molecule has 2 aromatic carbocycles. The van der Waals surface area contributed by atoms with E-state index in [0.29, 0.717) is 5.69 Å². The van der Waals surface area contributed by atoms with Crippen molar-refractivity contribution in [2.24, 2.45) is 0 Å². The number of rotatable bonds is 2. The van der Waals surface area contributed by atoms with Gasteiger partial charge in [0.15, 0.2) is 0 Å². The molecule has 0 saturated heterocycles. The average molecular weight is 214 g/mol. The molecule has 0 bridgehead atoms. The molecular weight excluding hydrogens is 202 g/mol. The fourth-order valence-electron chi connectivity index (χ4n) is 1.86. The largest absolute Gasteiger partial charge is 0.530 e. The summed E-state index contributed by atoms with van der Waals surface area (Å²) in [5.41, 5.74) is 1.61. The van der Waals surface area contributed by atoms with Crippen LogP contribution in [0.5, 0.6) is 0 Å². The van der Waals surface area contributed by atoms with Crippen LogP contribution in [0.3, 0.4) is 0 Å². The van der Waals surface area contributed by atoms with E-state index in [1.54, 1.807) is 0 Å². The Labute approximate surface area is 93.7 Å². The Kier molecular flexibility index (Phi) is 2.77. The molecule has 0 saturated carbocycles. The maximum atomic E-state index is 10.7. The molecule has 0 radical (unpaired) electrons. The third-order valence-corrected chi connectivity index (χ3v) is 2.62. The number of fused-ring (bicyclic) bond motifs is 1. The van der Waals surface area contributed by atoms with Gasteiger partial charge in [-0.3, -0.25) is 0 Å². The molecule has 0 fully saturated rings. The van der Waals surface area contributed by atoms with Crippen LogP contribution in [-0.4, -0.2) is 6.09 Å². The second-order valence-electron chi connectivity index (χ2n) is 3.59. The van der Waals surface area contributed by atoms with Crippen molar-refractivity contribution in [2.45, 2.75) is 13.3 Å². The molecular formula is C13H12NO2-. The smallest absolute Gasteiger partial charge is 0.138 e. The van der Waals surface area contributed by atoms with Gasteiger partial charge in [0.05, 0.1) is 5.69 Å². The first-order chi connectivity index (χ1) is 7.72. The molecule has 0 aliphatic rings. The fraction of sp³-hybridized carbons (Fsp3) is 0.154. The number of amides is 1. The van der Waals surface area contributed by atoms with Gasteiger partial charge in [0.25, 0.3) is 0 Å². The Morgan fingerprint density at radius 3 is 2.69 bits per heavy atom. The Balaban J connectivity index is 2.67. The zero-order valence-corrected chi connectivity index (χ0v) is 8.99. The predicted octanol–water partition coefficient (Wildman–Crippen LogP) is 2.16. The minimum atomic E-state index is -1.27. The third kappa shape index (κ3) is 1.84. The zero-order valence-electron chi connectivity index (χ0n) is 8.99. The highest BCUT2D eigenvalue weighted by atomic mass is 16.4. The lowest BCUT2D eigenvalue weighted by atomic mass is 10.0. The Morgan fingerprint density at radius 2 is 2.00 bits per heavy atom. The molecule has 0 heterocycles. The first-order valence-electron chi connectivity index (χ1n) is 5.21. The average Bonchev–Trinajstić information content (AvgIpc) is 2.29. The predicted molar refractivity (Wildman–Crippen MR) is 62.3 cm³/mol. The van der Waals surface area contributed by atoms with E-state index in [4.69, 9.17) is 0 Å². The van der Waals surface area contributed by atoms with Gasteiger partial charge in [-0.05, 0) is 17.4 Å². The van der Waals surface area contributed by atoms with E-state index in [0.717, 1.165) is 22.8 Å². The van der Waals surface area contributed by atoms with Crippen LogP contribution in [0.25, 0.3) is 10.8 Å². The molecule has 2 aromatic rings. The lowest BCUT2D eigenvalue weighted by Crippen LogP contribution is -2.29. The van der Waals surface area contributed by atoms with E-state index in [-0.39, 0.29) is 0 Å². The summed E-state index contributed by atoms with van der Waals surface area (Å²) in [5, 5.41) is 15.0. The van der Waals surface area contributed by atoms with Gasteiger partial charge in [-0.2, -0.15) is 0 Å². The number of anilines is 1. The highest BCUT2D eigenvalue weighted by Gasteiger charge is 2.05. The van der Waals surface area contributed by atoms with Crippen molar-refractivity contribution in [3.05, 3.63) is 42.0 Å². The molecule has 3 nitrogen and oxygen atoms in total. The molecule has 3 heteroatoms. The van der Waals surface area contributed by atoms with Crippen molar-refractivity contribution in [2.75, 3.05) is 5.32 Å². The summed E-state index contributed by atoms with van der Waals surface area (Å²) in [6, 6.07) is 11.6. The second-order valence-corrected chi connectivity index (χ2v) is 3.59. The summed E-state index contributed by atoms with van der Waals surface area (Å²) in [4.78, 5) is 10.7. The van der Waals surface area contributed by atoms with Crippen LogP contribution >= 0.6 is 0 Å². The van der Waals surface area contributed by atoms with Crippen molar-refractivity contribution in [3.8, 4) is 0 Å². The normalized spacial score (nSPS) is 10.3. The highest BCUT2D eigenvalue weighted by molar-refractivity contribution is 6.00.